The summed E-state index contributed by atoms with van der Waals surface area (Å²) in [5, 5.41) is 2.83. The summed E-state index contributed by atoms with van der Waals surface area (Å²) in [4.78, 5) is 24.7. The predicted molar refractivity (Wildman–Crippen MR) is 111 cm³/mol. The lowest BCUT2D eigenvalue weighted by Gasteiger charge is -2.33. The third-order valence-electron chi connectivity index (χ3n) is 4.88. The van der Waals surface area contributed by atoms with Crippen molar-refractivity contribution >= 4 is 27.6 Å². The van der Waals surface area contributed by atoms with Gasteiger partial charge in [0, 0.05) is 51.7 Å². The standard InChI is InChI=1S/C19H26N6O3S/c1-3-23(4-2)18-8-7-16(14-21-18)22-19(26)24-10-12-25(13-11-24)29(27,28)17-6-5-9-20-15-17/h5-9,14-15H,3-4,10-13H2,1-2H3,(H,22,26). The Kier molecular flexibility index (Phi) is 6.65. The van der Waals surface area contributed by atoms with E-state index in [1.54, 1.807) is 17.2 Å². The van der Waals surface area contributed by atoms with Crippen LogP contribution in [0.1, 0.15) is 13.8 Å². The van der Waals surface area contributed by atoms with Crippen molar-refractivity contribution in [1.29, 1.82) is 0 Å². The number of piperazine rings is 1. The zero-order valence-electron chi connectivity index (χ0n) is 16.7. The molecule has 0 unspecified atom stereocenters. The number of nitrogens with one attached hydrogen (secondary N) is 1. The van der Waals surface area contributed by atoms with Crippen molar-refractivity contribution in [1.82, 2.24) is 19.2 Å². The van der Waals surface area contributed by atoms with Gasteiger partial charge in [0.1, 0.15) is 10.7 Å². The van der Waals surface area contributed by atoms with Gasteiger partial charge in [0.15, 0.2) is 0 Å². The first kappa shape index (κ1) is 21.0. The fraction of sp³-hybridized carbons (Fsp3) is 0.421. The first-order valence-electron chi connectivity index (χ1n) is 9.62. The maximum Gasteiger partial charge on any atom is 0.321 e. The van der Waals surface area contributed by atoms with Gasteiger partial charge in [-0.3, -0.25) is 4.98 Å². The average molecular weight is 419 g/mol. The molecule has 0 atom stereocenters. The quantitative estimate of drug-likeness (QED) is 0.769. The van der Waals surface area contributed by atoms with E-state index in [4.69, 9.17) is 0 Å². The van der Waals surface area contributed by atoms with Crippen LogP contribution >= 0.6 is 0 Å². The summed E-state index contributed by atoms with van der Waals surface area (Å²) < 4.78 is 26.7. The topological polar surface area (TPSA) is 98.7 Å². The average Bonchev–Trinajstić information content (AvgIpc) is 2.76. The Bertz CT molecular complexity index is 909. The molecule has 3 rings (SSSR count). The van der Waals surface area contributed by atoms with E-state index in [1.807, 2.05) is 12.1 Å². The molecule has 0 aromatic carbocycles. The largest absolute Gasteiger partial charge is 0.357 e. The molecule has 2 aromatic heterocycles. The molecule has 0 saturated carbocycles. The Morgan fingerprint density at radius 1 is 1.10 bits per heavy atom. The summed E-state index contributed by atoms with van der Waals surface area (Å²) >= 11 is 0. The Morgan fingerprint density at radius 2 is 1.83 bits per heavy atom. The van der Waals surface area contributed by atoms with Crippen molar-refractivity contribution in [2.45, 2.75) is 18.7 Å². The van der Waals surface area contributed by atoms with Crippen molar-refractivity contribution < 1.29 is 13.2 Å². The van der Waals surface area contributed by atoms with Crippen LogP contribution in [-0.4, -0.2) is 72.9 Å². The summed E-state index contributed by atoms with van der Waals surface area (Å²) in [7, 11) is -3.59. The van der Waals surface area contributed by atoms with E-state index in [-0.39, 0.29) is 24.0 Å². The highest BCUT2D eigenvalue weighted by Gasteiger charge is 2.30. The lowest BCUT2D eigenvalue weighted by atomic mass is 10.3. The van der Waals surface area contributed by atoms with Crippen LogP contribution in [0.2, 0.25) is 0 Å². The van der Waals surface area contributed by atoms with Gasteiger partial charge < -0.3 is 15.1 Å². The van der Waals surface area contributed by atoms with E-state index in [0.29, 0.717) is 18.8 Å². The summed E-state index contributed by atoms with van der Waals surface area (Å²) in [6.07, 6.45) is 4.50. The van der Waals surface area contributed by atoms with E-state index in [1.165, 1.54) is 22.8 Å². The number of hydrogen-bond acceptors (Lipinski definition) is 6. The summed E-state index contributed by atoms with van der Waals surface area (Å²) in [6.45, 7) is 6.97. The van der Waals surface area contributed by atoms with E-state index in [9.17, 15) is 13.2 Å². The lowest BCUT2D eigenvalue weighted by Crippen LogP contribution is -2.51. The normalized spacial score (nSPS) is 15.2. The molecule has 2 amide bonds. The van der Waals surface area contributed by atoms with Crippen LogP contribution in [0, 0.1) is 0 Å². The molecular formula is C19H26N6O3S. The van der Waals surface area contributed by atoms with E-state index >= 15 is 0 Å². The third-order valence-corrected chi connectivity index (χ3v) is 6.77. The van der Waals surface area contributed by atoms with Gasteiger partial charge in [-0.1, -0.05) is 0 Å². The zero-order valence-corrected chi connectivity index (χ0v) is 17.5. The smallest absolute Gasteiger partial charge is 0.321 e. The molecule has 9 nitrogen and oxygen atoms in total. The lowest BCUT2D eigenvalue weighted by molar-refractivity contribution is 0.184. The van der Waals surface area contributed by atoms with Gasteiger partial charge in [0.2, 0.25) is 10.0 Å². The number of nitrogens with zero attached hydrogens (tertiary/aromatic N) is 5. The van der Waals surface area contributed by atoms with Crippen LogP contribution < -0.4 is 10.2 Å². The SMILES string of the molecule is CCN(CC)c1ccc(NC(=O)N2CCN(S(=O)(=O)c3cccnc3)CC2)cn1. The summed E-state index contributed by atoms with van der Waals surface area (Å²) in [5.41, 5.74) is 0.608. The number of carbonyl (C=O) groups is 1. The Labute approximate surface area is 171 Å². The number of amides is 2. The van der Waals surface area contributed by atoms with Crippen LogP contribution in [0.5, 0.6) is 0 Å². The third kappa shape index (κ3) is 4.83. The Balaban J connectivity index is 1.56. The molecule has 29 heavy (non-hydrogen) atoms. The maximum atomic E-state index is 12.6. The fourth-order valence-corrected chi connectivity index (χ4v) is 4.56. The molecule has 1 saturated heterocycles. The van der Waals surface area contributed by atoms with Crippen molar-refractivity contribution in [2.24, 2.45) is 0 Å². The second-order valence-electron chi connectivity index (χ2n) is 6.59. The van der Waals surface area contributed by atoms with Crippen molar-refractivity contribution in [3.05, 3.63) is 42.9 Å². The molecule has 1 fully saturated rings. The zero-order chi connectivity index (χ0) is 20.9. The molecule has 1 aliphatic rings. The number of urea groups is 1. The van der Waals surface area contributed by atoms with Crippen LogP contribution in [0.15, 0.2) is 47.8 Å². The van der Waals surface area contributed by atoms with Crippen molar-refractivity contribution in [3.63, 3.8) is 0 Å². The molecule has 1 aliphatic heterocycles. The molecule has 2 aromatic rings. The van der Waals surface area contributed by atoms with Gasteiger partial charge in [-0.25, -0.2) is 18.2 Å². The van der Waals surface area contributed by atoms with Crippen LogP contribution in [0.3, 0.4) is 0 Å². The number of rotatable bonds is 6. The molecule has 0 bridgehead atoms. The minimum atomic E-state index is -3.59. The van der Waals surface area contributed by atoms with E-state index < -0.39 is 10.0 Å². The summed E-state index contributed by atoms with van der Waals surface area (Å²) in [5.74, 6) is 0.863. The molecule has 1 N–H and O–H groups in total. The van der Waals surface area contributed by atoms with Crippen LogP contribution in [0.25, 0.3) is 0 Å². The first-order valence-corrected chi connectivity index (χ1v) is 11.1. The number of pyridine rings is 2. The fourth-order valence-electron chi connectivity index (χ4n) is 3.18. The number of aromatic nitrogens is 2. The maximum absolute atomic E-state index is 12.6. The molecule has 10 heteroatoms. The second kappa shape index (κ2) is 9.19. The van der Waals surface area contributed by atoms with Gasteiger partial charge in [-0.15, -0.1) is 0 Å². The van der Waals surface area contributed by atoms with Gasteiger partial charge in [-0.2, -0.15) is 4.31 Å². The van der Waals surface area contributed by atoms with Crippen molar-refractivity contribution in [2.75, 3.05) is 49.5 Å². The first-order chi connectivity index (χ1) is 14.0. The number of hydrogen-bond donors (Lipinski definition) is 1. The monoisotopic (exact) mass is 418 g/mol. The van der Waals surface area contributed by atoms with Gasteiger partial charge >= 0.3 is 6.03 Å². The molecule has 0 spiro atoms. The van der Waals surface area contributed by atoms with Gasteiger partial charge in [-0.05, 0) is 38.1 Å². The van der Waals surface area contributed by atoms with Crippen LogP contribution in [0.4, 0.5) is 16.3 Å². The highest BCUT2D eigenvalue weighted by atomic mass is 32.2. The summed E-state index contributed by atoms with van der Waals surface area (Å²) in [6, 6.07) is 6.55. The Morgan fingerprint density at radius 3 is 2.38 bits per heavy atom. The van der Waals surface area contributed by atoms with E-state index in [0.717, 1.165) is 18.9 Å². The minimum absolute atomic E-state index is 0.164. The minimum Gasteiger partial charge on any atom is -0.357 e. The number of carbonyl (C=O) groups excluding carboxylic acids is 1. The molecular weight excluding hydrogens is 392 g/mol. The predicted octanol–water partition coefficient (Wildman–Crippen LogP) is 1.86. The van der Waals surface area contributed by atoms with Gasteiger partial charge in [0.25, 0.3) is 0 Å². The molecule has 0 aliphatic carbocycles. The number of anilines is 2. The molecule has 3 heterocycles. The Hall–Kier alpha value is -2.72. The molecule has 156 valence electrons. The highest BCUT2D eigenvalue weighted by Crippen LogP contribution is 2.18. The second-order valence-corrected chi connectivity index (χ2v) is 8.53. The highest BCUT2D eigenvalue weighted by molar-refractivity contribution is 7.89. The van der Waals surface area contributed by atoms with Crippen LogP contribution in [-0.2, 0) is 10.0 Å². The van der Waals surface area contributed by atoms with Crippen molar-refractivity contribution in [3.8, 4) is 0 Å². The number of sulfonamides is 1. The van der Waals surface area contributed by atoms with Gasteiger partial charge in [0.05, 0.1) is 11.9 Å². The van der Waals surface area contributed by atoms with E-state index in [2.05, 4.69) is 34.0 Å². The molecule has 0 radical (unpaired) electrons.